The van der Waals surface area contributed by atoms with Gasteiger partial charge in [-0.3, -0.25) is 4.79 Å². The molecule has 0 spiro atoms. The zero-order chi connectivity index (χ0) is 24.5. The molecule has 0 radical (unpaired) electrons. The van der Waals surface area contributed by atoms with E-state index in [9.17, 15) is 18.5 Å². The molecule has 0 atom stereocenters. The number of aryl methyl sites for hydroxylation is 3. The second-order valence-electron chi connectivity index (χ2n) is 9.20. The Morgan fingerprint density at radius 3 is 2.24 bits per heavy atom. The summed E-state index contributed by atoms with van der Waals surface area (Å²) in [5.74, 6) is 0.598. The summed E-state index contributed by atoms with van der Waals surface area (Å²) in [5.41, 5.74) is 3.11. The molecule has 0 bridgehead atoms. The van der Waals surface area contributed by atoms with Gasteiger partial charge in [-0.05, 0) is 56.9 Å². The Kier molecular flexibility index (Phi) is 6.91. The molecule has 34 heavy (non-hydrogen) atoms. The first-order chi connectivity index (χ1) is 16.2. The number of sulfonamides is 1. The number of anilines is 1. The zero-order valence-electron chi connectivity index (χ0n) is 20.0. The van der Waals surface area contributed by atoms with E-state index in [-0.39, 0.29) is 11.8 Å². The van der Waals surface area contributed by atoms with Crippen LogP contribution < -0.4 is 4.90 Å². The molecule has 2 aromatic rings. The lowest BCUT2D eigenvalue weighted by molar-refractivity contribution is -0.137. The number of carbonyl (C=O) groups is 1. The fourth-order valence-electron chi connectivity index (χ4n) is 5.18. The van der Waals surface area contributed by atoms with E-state index >= 15 is 0 Å². The SMILES string of the molecule is Cc1cc(C)c(S(=O)(=O)N2CCC(C(=O)N3CCN(c4ncccc4C#N)CC3)CC2)c(C)c1. The van der Waals surface area contributed by atoms with Crippen molar-refractivity contribution in [3.63, 3.8) is 0 Å². The lowest BCUT2D eigenvalue weighted by atomic mass is 9.96. The predicted octanol–water partition coefficient (Wildman–Crippen LogP) is 2.63. The molecule has 0 aliphatic carbocycles. The third-order valence-corrected chi connectivity index (χ3v) is 9.01. The molecule has 1 amide bonds. The number of amides is 1. The number of piperidine rings is 1. The summed E-state index contributed by atoms with van der Waals surface area (Å²) in [6.07, 6.45) is 2.73. The minimum atomic E-state index is -3.59. The molecule has 0 N–H and O–H groups in total. The maximum Gasteiger partial charge on any atom is 0.243 e. The molecule has 4 rings (SSSR count). The monoisotopic (exact) mass is 481 g/mol. The lowest BCUT2D eigenvalue weighted by Crippen LogP contribution is -2.52. The topological polar surface area (TPSA) is 97.6 Å². The van der Waals surface area contributed by atoms with Gasteiger partial charge in [-0.2, -0.15) is 9.57 Å². The first-order valence-electron chi connectivity index (χ1n) is 11.7. The van der Waals surface area contributed by atoms with Crippen molar-refractivity contribution in [2.75, 3.05) is 44.2 Å². The zero-order valence-corrected chi connectivity index (χ0v) is 20.8. The van der Waals surface area contributed by atoms with E-state index < -0.39 is 10.0 Å². The quantitative estimate of drug-likeness (QED) is 0.666. The van der Waals surface area contributed by atoms with Crippen LogP contribution in [0.5, 0.6) is 0 Å². The molecule has 3 heterocycles. The number of hydrogen-bond donors (Lipinski definition) is 0. The fraction of sp³-hybridized carbons (Fsp3) is 0.480. The Bertz CT molecular complexity index is 1200. The van der Waals surface area contributed by atoms with E-state index in [1.165, 1.54) is 4.31 Å². The van der Waals surface area contributed by atoms with Gasteiger partial charge in [0.15, 0.2) is 0 Å². The van der Waals surface area contributed by atoms with Gasteiger partial charge >= 0.3 is 0 Å². The number of rotatable bonds is 4. The van der Waals surface area contributed by atoms with Crippen LogP contribution in [0, 0.1) is 38.0 Å². The van der Waals surface area contributed by atoms with E-state index in [0.29, 0.717) is 68.4 Å². The Labute approximate surface area is 201 Å². The summed E-state index contributed by atoms with van der Waals surface area (Å²) in [4.78, 5) is 21.8. The van der Waals surface area contributed by atoms with Crippen molar-refractivity contribution >= 4 is 21.7 Å². The molecule has 1 aromatic heterocycles. The lowest BCUT2D eigenvalue weighted by Gasteiger charge is -2.39. The molecule has 2 aliphatic heterocycles. The molecule has 9 heteroatoms. The minimum absolute atomic E-state index is 0.0981. The Morgan fingerprint density at radius 2 is 1.65 bits per heavy atom. The summed E-state index contributed by atoms with van der Waals surface area (Å²) >= 11 is 0. The molecule has 2 fully saturated rings. The smallest absolute Gasteiger partial charge is 0.243 e. The summed E-state index contributed by atoms with van der Waals surface area (Å²) in [7, 11) is -3.59. The van der Waals surface area contributed by atoms with Crippen LogP contribution in [0.1, 0.15) is 35.1 Å². The Balaban J connectivity index is 1.36. The molecule has 0 saturated carbocycles. The van der Waals surface area contributed by atoms with Gasteiger partial charge in [0.2, 0.25) is 15.9 Å². The highest BCUT2D eigenvalue weighted by atomic mass is 32.2. The number of nitrogens with zero attached hydrogens (tertiary/aromatic N) is 5. The fourth-order valence-corrected chi connectivity index (χ4v) is 7.06. The number of nitriles is 1. The van der Waals surface area contributed by atoms with Crippen molar-refractivity contribution in [3.8, 4) is 6.07 Å². The molecule has 8 nitrogen and oxygen atoms in total. The van der Waals surface area contributed by atoms with Crippen LogP contribution in [0.2, 0.25) is 0 Å². The second kappa shape index (κ2) is 9.72. The van der Waals surface area contributed by atoms with Gasteiger partial charge in [-0.25, -0.2) is 13.4 Å². The van der Waals surface area contributed by atoms with Gasteiger partial charge in [0, 0.05) is 51.4 Å². The van der Waals surface area contributed by atoms with Gasteiger partial charge in [0.05, 0.1) is 10.5 Å². The predicted molar refractivity (Wildman–Crippen MR) is 130 cm³/mol. The van der Waals surface area contributed by atoms with Crippen molar-refractivity contribution in [1.29, 1.82) is 5.26 Å². The summed E-state index contributed by atoms with van der Waals surface area (Å²) in [5, 5.41) is 9.33. The van der Waals surface area contributed by atoms with E-state index in [0.717, 1.165) is 16.7 Å². The normalized spacial score (nSPS) is 18.1. The van der Waals surface area contributed by atoms with Crippen molar-refractivity contribution in [1.82, 2.24) is 14.2 Å². The van der Waals surface area contributed by atoms with Crippen LogP contribution in [-0.2, 0) is 14.8 Å². The van der Waals surface area contributed by atoms with Gasteiger partial charge in [0.25, 0.3) is 0 Å². The first-order valence-corrected chi connectivity index (χ1v) is 13.1. The number of hydrogen-bond acceptors (Lipinski definition) is 6. The second-order valence-corrected chi connectivity index (χ2v) is 11.1. The Morgan fingerprint density at radius 1 is 1.03 bits per heavy atom. The minimum Gasteiger partial charge on any atom is -0.352 e. The van der Waals surface area contributed by atoms with E-state index in [1.807, 2.05) is 42.7 Å². The average Bonchev–Trinajstić information content (AvgIpc) is 2.83. The van der Waals surface area contributed by atoms with Crippen LogP contribution in [-0.4, -0.2) is 67.8 Å². The van der Waals surface area contributed by atoms with Crippen molar-refractivity contribution in [2.24, 2.45) is 5.92 Å². The third-order valence-electron chi connectivity index (χ3n) is 6.80. The van der Waals surface area contributed by atoms with Crippen molar-refractivity contribution in [2.45, 2.75) is 38.5 Å². The largest absolute Gasteiger partial charge is 0.352 e. The number of piperazine rings is 1. The third kappa shape index (κ3) is 4.65. The van der Waals surface area contributed by atoms with Crippen molar-refractivity contribution in [3.05, 3.63) is 52.7 Å². The van der Waals surface area contributed by atoms with Crippen LogP contribution in [0.15, 0.2) is 35.4 Å². The molecular formula is C25H31N5O3S. The molecular weight excluding hydrogens is 450 g/mol. The molecule has 180 valence electrons. The molecule has 2 aliphatic rings. The van der Waals surface area contributed by atoms with Gasteiger partial charge in [-0.1, -0.05) is 17.7 Å². The van der Waals surface area contributed by atoms with E-state index in [2.05, 4.69) is 11.1 Å². The van der Waals surface area contributed by atoms with E-state index in [1.54, 1.807) is 18.3 Å². The molecule has 2 saturated heterocycles. The summed E-state index contributed by atoms with van der Waals surface area (Å²) in [6, 6.07) is 9.48. The van der Waals surface area contributed by atoms with E-state index in [4.69, 9.17) is 0 Å². The molecule has 1 aromatic carbocycles. The van der Waals surface area contributed by atoms with Gasteiger partial charge < -0.3 is 9.80 Å². The number of aromatic nitrogens is 1. The van der Waals surface area contributed by atoms with Gasteiger partial charge in [-0.15, -0.1) is 0 Å². The highest BCUT2D eigenvalue weighted by Crippen LogP contribution is 2.30. The number of carbonyl (C=O) groups excluding carboxylic acids is 1. The van der Waals surface area contributed by atoms with Gasteiger partial charge in [0.1, 0.15) is 11.9 Å². The summed E-state index contributed by atoms with van der Waals surface area (Å²) in [6.45, 7) is 8.73. The Hall–Kier alpha value is -2.96. The maximum atomic E-state index is 13.3. The highest BCUT2D eigenvalue weighted by Gasteiger charge is 2.36. The van der Waals surface area contributed by atoms with Crippen LogP contribution in [0.25, 0.3) is 0 Å². The highest BCUT2D eigenvalue weighted by molar-refractivity contribution is 7.89. The summed E-state index contributed by atoms with van der Waals surface area (Å²) < 4.78 is 28.2. The standard InChI is InChI=1S/C25H31N5O3S/c1-18-15-19(2)23(20(3)16-18)34(32,33)30-9-6-21(7-10-30)25(31)29-13-11-28(12-14-29)24-22(17-26)5-4-8-27-24/h4-5,8,15-16,21H,6-7,9-14H2,1-3H3. The number of benzene rings is 1. The van der Waals surface area contributed by atoms with Crippen LogP contribution in [0.4, 0.5) is 5.82 Å². The molecule has 0 unspecified atom stereocenters. The number of pyridine rings is 1. The maximum absolute atomic E-state index is 13.3. The average molecular weight is 482 g/mol. The first kappa shape index (κ1) is 24.2. The van der Waals surface area contributed by atoms with Crippen molar-refractivity contribution < 1.29 is 13.2 Å². The van der Waals surface area contributed by atoms with Crippen LogP contribution >= 0.6 is 0 Å². The van der Waals surface area contributed by atoms with Crippen LogP contribution in [0.3, 0.4) is 0 Å².